The Morgan fingerprint density at radius 2 is 1.80 bits per heavy atom. The molecule has 3 heterocycles. The zero-order valence-electron chi connectivity index (χ0n) is 27.5. The van der Waals surface area contributed by atoms with Crippen molar-refractivity contribution in [2.24, 2.45) is 4.99 Å². The Morgan fingerprint density at radius 3 is 2.48 bits per heavy atom. The number of benzene rings is 3. The van der Waals surface area contributed by atoms with Crippen LogP contribution < -0.4 is 20.6 Å². The lowest BCUT2D eigenvalue weighted by Crippen LogP contribution is -2.39. The fourth-order valence-corrected chi connectivity index (χ4v) is 8.30. The van der Waals surface area contributed by atoms with Gasteiger partial charge in [0, 0.05) is 51.2 Å². The molecule has 9 heteroatoms. The minimum Gasteiger partial charge on any atom is -0.478 e. The van der Waals surface area contributed by atoms with Gasteiger partial charge in [-0.15, -0.1) is 0 Å². The molecule has 0 aliphatic carbocycles. The summed E-state index contributed by atoms with van der Waals surface area (Å²) < 4.78 is 40.8. The molecule has 3 aliphatic heterocycles. The highest BCUT2D eigenvalue weighted by Gasteiger charge is 2.37. The average molecular weight is 643 g/mol. The zero-order valence-corrected chi connectivity index (χ0v) is 28.3. The molecule has 2 atom stereocenters. The molecule has 0 bridgehead atoms. The van der Waals surface area contributed by atoms with E-state index >= 15 is 0 Å². The van der Waals surface area contributed by atoms with E-state index in [1.54, 1.807) is 6.07 Å². The number of aromatic carboxylic acids is 1. The number of carbonyl (C=O) groups is 1. The number of carboxylic acids is 1. The lowest BCUT2D eigenvalue weighted by atomic mass is 9.79. The second-order valence-corrected chi connectivity index (χ2v) is 15.8. The van der Waals surface area contributed by atoms with Crippen LogP contribution in [-0.4, -0.2) is 40.9 Å². The molecular formula is C37H42N2O6S. The molecule has 46 heavy (non-hydrogen) atoms. The van der Waals surface area contributed by atoms with Crippen molar-refractivity contribution in [2.45, 2.75) is 90.6 Å². The van der Waals surface area contributed by atoms with E-state index < -0.39 is 33.3 Å². The molecular weight excluding hydrogens is 600 g/mol. The highest BCUT2D eigenvalue weighted by molar-refractivity contribution is 7.85. The lowest BCUT2D eigenvalue weighted by Gasteiger charge is -2.39. The standard InChI is InChI=1S/C37H42N2O6S/c1-8-9-20(2)22-10-11-24(27(12-22)35(40)41)34-28-13-25-21(3)17-36(4,5)38-30(25)15-32(28)45-33-16-31-26(14-29(33)34)23(19-46(42,43)44)18-37(6,7)39-31/h10-17,20,23,39H,8-9,18-19H2,1-7H3,(H,40,41)(H,42,43,44). The van der Waals surface area contributed by atoms with Crippen molar-refractivity contribution < 1.29 is 27.6 Å². The summed E-state index contributed by atoms with van der Waals surface area (Å²) >= 11 is 0. The number of rotatable bonds is 7. The molecule has 0 saturated heterocycles. The number of fused-ring (bicyclic) bond motifs is 4. The first-order valence-electron chi connectivity index (χ1n) is 15.9. The fourth-order valence-electron chi connectivity index (χ4n) is 7.49. The number of anilines is 1. The van der Waals surface area contributed by atoms with Crippen molar-refractivity contribution in [3.05, 3.63) is 92.5 Å². The van der Waals surface area contributed by atoms with E-state index in [-0.39, 0.29) is 17.0 Å². The summed E-state index contributed by atoms with van der Waals surface area (Å²) in [5, 5.41) is 15.6. The van der Waals surface area contributed by atoms with E-state index in [1.807, 2.05) is 50.2 Å². The van der Waals surface area contributed by atoms with Crippen molar-refractivity contribution in [3.8, 4) is 11.5 Å². The van der Waals surface area contributed by atoms with Gasteiger partial charge < -0.3 is 15.2 Å². The third-order valence-corrected chi connectivity index (χ3v) is 10.2. The van der Waals surface area contributed by atoms with E-state index in [2.05, 4.69) is 46.0 Å². The minimum atomic E-state index is -4.27. The van der Waals surface area contributed by atoms with Crippen LogP contribution in [0.25, 0.3) is 11.1 Å². The van der Waals surface area contributed by atoms with Crippen molar-refractivity contribution in [3.63, 3.8) is 0 Å². The van der Waals surface area contributed by atoms with Crippen LogP contribution in [0.4, 0.5) is 5.69 Å². The molecule has 0 saturated carbocycles. The van der Waals surface area contributed by atoms with Crippen molar-refractivity contribution in [1.82, 2.24) is 0 Å². The van der Waals surface area contributed by atoms with Gasteiger partial charge in [0.05, 0.1) is 22.2 Å². The molecule has 8 nitrogen and oxygen atoms in total. The Hall–Kier alpha value is -3.95. The third-order valence-electron chi connectivity index (χ3n) is 9.33. The molecule has 3 aliphatic rings. The molecule has 242 valence electrons. The van der Waals surface area contributed by atoms with Gasteiger partial charge in [-0.3, -0.25) is 9.55 Å². The van der Waals surface area contributed by atoms with Gasteiger partial charge in [0.1, 0.15) is 11.5 Å². The number of carboxylic acid groups (broad SMARTS) is 1. The first kappa shape index (κ1) is 32.0. The van der Waals surface area contributed by atoms with Crippen LogP contribution in [0.1, 0.15) is 118 Å². The van der Waals surface area contributed by atoms with Crippen LogP contribution in [0.15, 0.2) is 53.5 Å². The molecule has 0 amide bonds. The summed E-state index contributed by atoms with van der Waals surface area (Å²) in [6.07, 6.45) is 4.53. The SMILES string of the molecule is CCCC(C)c1ccc(C2=c3cc4c(cc3Oc3cc5c(cc32)C(CS(=O)(=O)O)CC(C)(C)N5)=NC(C)(C)C=C4C)c(C(=O)O)c1. The first-order valence-corrected chi connectivity index (χ1v) is 17.5. The quantitative estimate of drug-likeness (QED) is 0.185. The van der Waals surface area contributed by atoms with Crippen LogP contribution in [-0.2, 0) is 10.1 Å². The van der Waals surface area contributed by atoms with Gasteiger partial charge in [-0.2, -0.15) is 8.42 Å². The second-order valence-electron chi connectivity index (χ2n) is 14.3. The zero-order chi connectivity index (χ0) is 33.3. The van der Waals surface area contributed by atoms with Crippen LogP contribution in [0.5, 0.6) is 11.5 Å². The Morgan fingerprint density at radius 1 is 1.07 bits per heavy atom. The number of hydrogen-bond donors (Lipinski definition) is 3. The van der Waals surface area contributed by atoms with Gasteiger partial charge in [-0.25, -0.2) is 4.79 Å². The number of hydrogen-bond acceptors (Lipinski definition) is 6. The Labute approximate surface area is 270 Å². The topological polar surface area (TPSA) is 125 Å². The van der Waals surface area contributed by atoms with Crippen molar-refractivity contribution in [2.75, 3.05) is 11.1 Å². The maximum atomic E-state index is 12.9. The minimum absolute atomic E-state index is 0.191. The second kappa shape index (κ2) is 11.1. The summed E-state index contributed by atoms with van der Waals surface area (Å²) in [5.41, 5.74) is 5.70. The van der Waals surface area contributed by atoms with Crippen LogP contribution in [0.2, 0.25) is 0 Å². The smallest absolute Gasteiger partial charge is 0.336 e. The molecule has 0 radical (unpaired) electrons. The maximum Gasteiger partial charge on any atom is 0.336 e. The van der Waals surface area contributed by atoms with Gasteiger partial charge in [0.2, 0.25) is 0 Å². The third kappa shape index (κ3) is 5.98. The molecule has 0 spiro atoms. The average Bonchev–Trinajstić information content (AvgIpc) is 2.92. The molecule has 3 N–H and O–H groups in total. The van der Waals surface area contributed by atoms with Gasteiger partial charge in [0.25, 0.3) is 10.1 Å². The van der Waals surface area contributed by atoms with Crippen LogP contribution in [0.3, 0.4) is 0 Å². The predicted molar refractivity (Wildman–Crippen MR) is 181 cm³/mol. The van der Waals surface area contributed by atoms with Crippen LogP contribution >= 0.6 is 0 Å². The van der Waals surface area contributed by atoms with Crippen molar-refractivity contribution >= 4 is 32.9 Å². The summed E-state index contributed by atoms with van der Waals surface area (Å²) in [7, 11) is -4.27. The predicted octanol–water partition coefficient (Wildman–Crippen LogP) is 7.02. The Balaban J connectivity index is 1.69. The molecule has 3 aromatic rings. The fraction of sp³-hybridized carbons (Fsp3) is 0.405. The van der Waals surface area contributed by atoms with E-state index in [9.17, 15) is 22.9 Å². The first-order chi connectivity index (χ1) is 21.4. The van der Waals surface area contributed by atoms with Crippen LogP contribution in [0, 0.1) is 0 Å². The van der Waals surface area contributed by atoms with E-state index in [0.29, 0.717) is 34.6 Å². The lowest BCUT2D eigenvalue weighted by molar-refractivity contribution is 0.0696. The normalized spacial score (nSPS) is 19.6. The number of nitrogens with one attached hydrogen (secondary N) is 1. The van der Waals surface area contributed by atoms with E-state index in [0.717, 1.165) is 51.4 Å². The van der Waals surface area contributed by atoms with Gasteiger partial charge >= 0.3 is 5.97 Å². The maximum absolute atomic E-state index is 12.9. The van der Waals surface area contributed by atoms with E-state index in [4.69, 9.17) is 9.73 Å². The van der Waals surface area contributed by atoms with Gasteiger partial charge in [-0.05, 0) is 93.8 Å². The molecule has 6 rings (SSSR count). The largest absolute Gasteiger partial charge is 0.478 e. The van der Waals surface area contributed by atoms with Crippen molar-refractivity contribution in [1.29, 1.82) is 0 Å². The number of ether oxygens (including phenoxy) is 1. The van der Waals surface area contributed by atoms with Gasteiger partial charge in [0.15, 0.2) is 0 Å². The molecule has 3 aromatic carbocycles. The number of allylic oxidation sites excluding steroid dienone is 1. The summed E-state index contributed by atoms with van der Waals surface area (Å²) in [4.78, 5) is 17.9. The molecule has 0 aromatic heterocycles. The Bertz CT molecular complexity index is 2060. The Kier molecular flexibility index (Phi) is 7.72. The summed E-state index contributed by atoms with van der Waals surface area (Å²) in [5.74, 6) is -0.641. The highest BCUT2D eigenvalue weighted by Crippen LogP contribution is 2.47. The molecule has 2 unspecified atom stereocenters. The number of nitrogens with zero attached hydrogens (tertiary/aromatic N) is 1. The highest BCUT2D eigenvalue weighted by atomic mass is 32.2. The summed E-state index contributed by atoms with van der Waals surface area (Å²) in [6.45, 7) is 14.4. The van der Waals surface area contributed by atoms with E-state index in [1.165, 1.54) is 0 Å². The molecule has 0 fully saturated rings. The van der Waals surface area contributed by atoms with Gasteiger partial charge in [-0.1, -0.05) is 38.5 Å². The monoisotopic (exact) mass is 642 g/mol. The summed E-state index contributed by atoms with van der Waals surface area (Å²) in [6, 6.07) is 13.4.